The molecule has 2 atom stereocenters. The SMILES string of the molecule is CCCC(N)CS(=O)c1ccccc1[N+](=O)[O-]. The third-order valence-corrected chi connectivity index (χ3v) is 3.90. The van der Waals surface area contributed by atoms with Gasteiger partial charge >= 0.3 is 0 Å². The highest BCUT2D eigenvalue weighted by molar-refractivity contribution is 7.85. The number of nitrogens with zero attached hydrogens (tertiary/aromatic N) is 1. The summed E-state index contributed by atoms with van der Waals surface area (Å²) in [7, 11) is -1.41. The summed E-state index contributed by atoms with van der Waals surface area (Å²) >= 11 is 0. The van der Waals surface area contributed by atoms with E-state index in [0.29, 0.717) is 0 Å². The first-order valence-corrected chi connectivity index (χ1v) is 6.75. The van der Waals surface area contributed by atoms with Gasteiger partial charge in [-0.3, -0.25) is 14.3 Å². The maximum absolute atomic E-state index is 12.0. The zero-order chi connectivity index (χ0) is 12.8. The first kappa shape index (κ1) is 13.8. The van der Waals surface area contributed by atoms with Crippen molar-refractivity contribution in [1.29, 1.82) is 0 Å². The van der Waals surface area contributed by atoms with E-state index in [4.69, 9.17) is 5.73 Å². The molecule has 2 N–H and O–H groups in total. The molecule has 0 saturated heterocycles. The molecule has 0 aromatic heterocycles. The van der Waals surface area contributed by atoms with Crippen molar-refractivity contribution in [3.63, 3.8) is 0 Å². The van der Waals surface area contributed by atoms with Gasteiger partial charge in [0.05, 0.1) is 15.7 Å². The molecule has 0 spiro atoms. The minimum atomic E-state index is -1.41. The smallest absolute Gasteiger partial charge is 0.285 e. The second kappa shape index (κ2) is 6.46. The predicted molar refractivity (Wildman–Crippen MR) is 67.3 cm³/mol. The Kier molecular flexibility index (Phi) is 5.24. The van der Waals surface area contributed by atoms with Gasteiger partial charge in [0, 0.05) is 17.9 Å². The number of nitro benzene ring substituents is 1. The van der Waals surface area contributed by atoms with Crippen molar-refractivity contribution in [2.75, 3.05) is 5.75 Å². The Morgan fingerprint density at radius 3 is 2.71 bits per heavy atom. The number of rotatable bonds is 6. The van der Waals surface area contributed by atoms with Crippen LogP contribution in [0.2, 0.25) is 0 Å². The molecule has 2 unspecified atom stereocenters. The number of benzene rings is 1. The number of nitro groups is 1. The highest BCUT2D eigenvalue weighted by Crippen LogP contribution is 2.22. The summed E-state index contributed by atoms with van der Waals surface area (Å²) in [6.07, 6.45) is 1.68. The van der Waals surface area contributed by atoms with Crippen LogP contribution in [0.15, 0.2) is 29.2 Å². The van der Waals surface area contributed by atoms with Crippen molar-refractivity contribution in [3.05, 3.63) is 34.4 Å². The van der Waals surface area contributed by atoms with Crippen molar-refractivity contribution in [1.82, 2.24) is 0 Å². The standard InChI is InChI=1S/C11H16N2O3S/c1-2-5-9(12)8-17(16)11-7-4-3-6-10(11)13(14)15/h3-4,6-7,9H,2,5,8,12H2,1H3. The lowest BCUT2D eigenvalue weighted by atomic mass is 10.2. The molecule has 0 heterocycles. The van der Waals surface area contributed by atoms with Gasteiger partial charge in [0.25, 0.3) is 5.69 Å². The highest BCUT2D eigenvalue weighted by Gasteiger charge is 2.19. The molecule has 17 heavy (non-hydrogen) atoms. The molecule has 0 aliphatic heterocycles. The Labute approximate surface area is 103 Å². The Morgan fingerprint density at radius 1 is 1.47 bits per heavy atom. The third-order valence-electron chi connectivity index (χ3n) is 2.33. The van der Waals surface area contributed by atoms with Crippen LogP contribution in [0.25, 0.3) is 0 Å². The number of hydrogen-bond acceptors (Lipinski definition) is 4. The van der Waals surface area contributed by atoms with E-state index in [1.165, 1.54) is 12.1 Å². The maximum atomic E-state index is 12.0. The van der Waals surface area contributed by atoms with E-state index in [1.807, 2.05) is 6.92 Å². The zero-order valence-electron chi connectivity index (χ0n) is 9.67. The molecular formula is C11H16N2O3S. The second-order valence-electron chi connectivity index (χ2n) is 3.79. The molecule has 0 radical (unpaired) electrons. The van der Waals surface area contributed by atoms with Crippen LogP contribution in [0.3, 0.4) is 0 Å². The van der Waals surface area contributed by atoms with Gasteiger partial charge in [-0.05, 0) is 12.5 Å². The van der Waals surface area contributed by atoms with Crippen LogP contribution in [0, 0.1) is 10.1 Å². The zero-order valence-corrected chi connectivity index (χ0v) is 10.5. The van der Waals surface area contributed by atoms with Crippen molar-refractivity contribution in [3.8, 4) is 0 Å². The van der Waals surface area contributed by atoms with Gasteiger partial charge in [-0.1, -0.05) is 25.5 Å². The minimum absolute atomic E-state index is 0.102. The molecule has 6 heteroatoms. The van der Waals surface area contributed by atoms with Gasteiger partial charge in [0.1, 0.15) is 4.90 Å². The fraction of sp³-hybridized carbons (Fsp3) is 0.455. The van der Waals surface area contributed by atoms with Gasteiger partial charge in [0.15, 0.2) is 0 Å². The normalized spacial score (nSPS) is 14.2. The summed E-state index contributed by atoms with van der Waals surface area (Å²) in [5.74, 6) is 0.263. The molecule has 0 aliphatic carbocycles. The molecule has 0 amide bonds. The Morgan fingerprint density at radius 2 is 2.12 bits per heavy atom. The Bertz CT molecular complexity index is 423. The quantitative estimate of drug-likeness (QED) is 0.621. The van der Waals surface area contributed by atoms with E-state index in [1.54, 1.807) is 12.1 Å². The molecule has 1 aromatic carbocycles. The van der Waals surface area contributed by atoms with Crippen molar-refractivity contribution in [2.45, 2.75) is 30.7 Å². The molecular weight excluding hydrogens is 240 g/mol. The van der Waals surface area contributed by atoms with Crippen LogP contribution in [-0.2, 0) is 10.8 Å². The van der Waals surface area contributed by atoms with Gasteiger partial charge in [-0.2, -0.15) is 0 Å². The van der Waals surface area contributed by atoms with Gasteiger partial charge < -0.3 is 5.73 Å². The number of nitrogens with two attached hydrogens (primary N) is 1. The summed E-state index contributed by atoms with van der Waals surface area (Å²) in [6, 6.07) is 5.91. The molecule has 94 valence electrons. The van der Waals surface area contributed by atoms with E-state index in [2.05, 4.69) is 0 Å². The average molecular weight is 256 g/mol. The van der Waals surface area contributed by atoms with E-state index in [-0.39, 0.29) is 22.4 Å². The fourth-order valence-electron chi connectivity index (χ4n) is 1.54. The predicted octanol–water partition coefficient (Wildman–Crippen LogP) is 1.83. The van der Waals surface area contributed by atoms with Crippen molar-refractivity contribution in [2.24, 2.45) is 5.73 Å². The fourth-order valence-corrected chi connectivity index (χ4v) is 2.88. The molecule has 5 nitrogen and oxygen atoms in total. The lowest BCUT2D eigenvalue weighted by Crippen LogP contribution is -2.27. The van der Waals surface area contributed by atoms with Crippen LogP contribution in [-0.4, -0.2) is 20.9 Å². The topological polar surface area (TPSA) is 86.2 Å². The van der Waals surface area contributed by atoms with Crippen LogP contribution >= 0.6 is 0 Å². The summed E-state index contributed by atoms with van der Waals surface area (Å²) in [5.41, 5.74) is 5.68. The Balaban J connectivity index is 2.85. The van der Waals surface area contributed by atoms with Crippen molar-refractivity contribution >= 4 is 16.5 Å². The van der Waals surface area contributed by atoms with Gasteiger partial charge in [-0.25, -0.2) is 0 Å². The summed E-state index contributed by atoms with van der Waals surface area (Å²) in [5, 5.41) is 10.8. The van der Waals surface area contributed by atoms with Crippen LogP contribution in [0.5, 0.6) is 0 Å². The first-order chi connectivity index (χ1) is 8.06. The van der Waals surface area contributed by atoms with Crippen molar-refractivity contribution < 1.29 is 9.13 Å². The molecule has 0 aliphatic rings. The van der Waals surface area contributed by atoms with E-state index >= 15 is 0 Å². The molecule has 1 rings (SSSR count). The van der Waals surface area contributed by atoms with Crippen LogP contribution in [0.4, 0.5) is 5.69 Å². The molecule has 0 saturated carbocycles. The molecule has 0 bridgehead atoms. The molecule has 0 fully saturated rings. The molecule has 1 aromatic rings. The van der Waals surface area contributed by atoms with E-state index in [0.717, 1.165) is 12.8 Å². The average Bonchev–Trinajstić information content (AvgIpc) is 2.29. The maximum Gasteiger partial charge on any atom is 0.285 e. The largest absolute Gasteiger partial charge is 0.327 e. The Hall–Kier alpha value is -1.27. The van der Waals surface area contributed by atoms with E-state index in [9.17, 15) is 14.3 Å². The summed E-state index contributed by atoms with van der Waals surface area (Å²) in [4.78, 5) is 10.5. The summed E-state index contributed by atoms with van der Waals surface area (Å²) < 4.78 is 12.0. The minimum Gasteiger partial charge on any atom is -0.327 e. The third kappa shape index (κ3) is 3.90. The van der Waals surface area contributed by atoms with E-state index < -0.39 is 15.7 Å². The highest BCUT2D eigenvalue weighted by atomic mass is 32.2. The van der Waals surface area contributed by atoms with Crippen LogP contribution < -0.4 is 5.73 Å². The number of hydrogen-bond donors (Lipinski definition) is 1. The lowest BCUT2D eigenvalue weighted by Gasteiger charge is -2.09. The van der Waals surface area contributed by atoms with Gasteiger partial charge in [0.2, 0.25) is 0 Å². The second-order valence-corrected chi connectivity index (χ2v) is 5.25. The lowest BCUT2D eigenvalue weighted by molar-refractivity contribution is -0.387. The monoisotopic (exact) mass is 256 g/mol. The summed E-state index contributed by atoms with van der Waals surface area (Å²) in [6.45, 7) is 1.99. The van der Waals surface area contributed by atoms with Gasteiger partial charge in [-0.15, -0.1) is 0 Å². The first-order valence-electron chi connectivity index (χ1n) is 5.43. The number of para-hydroxylation sites is 1. The van der Waals surface area contributed by atoms with Crippen LogP contribution in [0.1, 0.15) is 19.8 Å².